The van der Waals surface area contributed by atoms with Crippen molar-refractivity contribution in [1.82, 2.24) is 19.7 Å². The minimum atomic E-state index is 0.261. The summed E-state index contributed by atoms with van der Waals surface area (Å²) in [6, 6.07) is 16.0. The Bertz CT molecular complexity index is 1130. The second-order valence-electron chi connectivity index (χ2n) is 6.40. The summed E-state index contributed by atoms with van der Waals surface area (Å²) >= 11 is 0. The van der Waals surface area contributed by atoms with Crippen molar-refractivity contribution in [3.05, 3.63) is 54.1 Å². The van der Waals surface area contributed by atoms with Gasteiger partial charge in [-0.15, -0.1) is 15.3 Å². The molecule has 0 fully saturated rings. The molecular weight excluding hydrogens is 352 g/mol. The van der Waals surface area contributed by atoms with E-state index >= 15 is 0 Å². The average Bonchev–Trinajstić information content (AvgIpc) is 3.06. The molecule has 4 aromatic rings. The number of para-hydroxylation sites is 2. The lowest BCUT2D eigenvalue weighted by Crippen LogP contribution is -1.98. The Hall–Kier alpha value is -3.35. The number of hydrogen-bond donors (Lipinski definition) is 0. The van der Waals surface area contributed by atoms with Crippen molar-refractivity contribution in [3.8, 4) is 5.75 Å². The number of ether oxygens (including phenoxy) is 1. The molecule has 0 aliphatic heterocycles. The zero-order valence-electron chi connectivity index (χ0n) is 16.0. The first-order chi connectivity index (χ1) is 13.8. The van der Waals surface area contributed by atoms with E-state index in [0.717, 1.165) is 46.3 Å². The summed E-state index contributed by atoms with van der Waals surface area (Å²) in [5.74, 6) is 1.10. The van der Waals surface area contributed by atoms with Crippen molar-refractivity contribution in [2.75, 3.05) is 6.61 Å². The van der Waals surface area contributed by atoms with E-state index in [4.69, 9.17) is 4.74 Å². The van der Waals surface area contributed by atoms with Gasteiger partial charge in [0, 0.05) is 17.5 Å². The van der Waals surface area contributed by atoms with Crippen LogP contribution in [0.1, 0.15) is 25.8 Å². The van der Waals surface area contributed by atoms with Crippen LogP contribution >= 0.6 is 0 Å². The topological polar surface area (TPSA) is 77.5 Å². The molecule has 0 saturated carbocycles. The third-order valence-corrected chi connectivity index (χ3v) is 4.51. The molecule has 4 rings (SSSR count). The molecule has 2 aromatic heterocycles. The molecular formula is C21H22N6O. The summed E-state index contributed by atoms with van der Waals surface area (Å²) in [6.07, 6.45) is 0.959. The van der Waals surface area contributed by atoms with Crippen molar-refractivity contribution in [3.63, 3.8) is 0 Å². The molecule has 7 heteroatoms. The van der Waals surface area contributed by atoms with Gasteiger partial charge < -0.3 is 9.30 Å². The minimum Gasteiger partial charge on any atom is -0.493 e. The predicted molar refractivity (Wildman–Crippen MR) is 109 cm³/mol. The summed E-state index contributed by atoms with van der Waals surface area (Å²) in [7, 11) is 0. The van der Waals surface area contributed by atoms with E-state index in [0.29, 0.717) is 13.2 Å². The first-order valence-corrected chi connectivity index (χ1v) is 9.51. The lowest BCUT2D eigenvalue weighted by molar-refractivity contribution is 0.314. The fraction of sp³-hybridized carbons (Fsp3) is 0.286. The van der Waals surface area contributed by atoms with E-state index in [-0.39, 0.29) is 5.95 Å². The van der Waals surface area contributed by atoms with Gasteiger partial charge in [0.05, 0.1) is 18.7 Å². The quantitative estimate of drug-likeness (QED) is 0.423. The Balaban J connectivity index is 1.61. The third-order valence-electron chi connectivity index (χ3n) is 4.51. The lowest BCUT2D eigenvalue weighted by atomic mass is 10.2. The molecule has 0 aliphatic carbocycles. The lowest BCUT2D eigenvalue weighted by Gasteiger charge is -2.08. The van der Waals surface area contributed by atoms with E-state index < -0.39 is 0 Å². The molecule has 0 atom stereocenters. The number of benzene rings is 2. The zero-order chi connectivity index (χ0) is 19.3. The Morgan fingerprint density at radius 1 is 1.00 bits per heavy atom. The van der Waals surface area contributed by atoms with Gasteiger partial charge in [-0.25, -0.2) is 0 Å². The van der Waals surface area contributed by atoms with Gasteiger partial charge >= 0.3 is 0 Å². The monoisotopic (exact) mass is 374 g/mol. The number of fused-ring (bicyclic) bond motifs is 3. The smallest absolute Gasteiger partial charge is 0.289 e. The van der Waals surface area contributed by atoms with Crippen LogP contribution in [-0.4, -0.2) is 26.4 Å². The van der Waals surface area contributed by atoms with E-state index in [1.165, 1.54) is 0 Å². The summed E-state index contributed by atoms with van der Waals surface area (Å²) in [6.45, 7) is 6.04. The fourth-order valence-corrected chi connectivity index (χ4v) is 3.22. The van der Waals surface area contributed by atoms with E-state index in [9.17, 15) is 0 Å². The Labute approximate surface area is 163 Å². The van der Waals surface area contributed by atoms with Crippen molar-refractivity contribution in [2.24, 2.45) is 10.2 Å². The standard InChI is InChI=1S/C21H22N6O/c1-3-13-28-18-12-8-5-9-15(18)14-22-25-21-23-20-19(24-26-21)16-10-6-7-11-17(16)27(20)4-2/h5-12H,3-4,13-14H2,1-2H3. The van der Waals surface area contributed by atoms with Gasteiger partial charge in [0.2, 0.25) is 0 Å². The fourth-order valence-electron chi connectivity index (χ4n) is 3.22. The summed E-state index contributed by atoms with van der Waals surface area (Å²) in [5, 5.41) is 18.0. The third kappa shape index (κ3) is 3.43. The molecule has 28 heavy (non-hydrogen) atoms. The van der Waals surface area contributed by atoms with Gasteiger partial charge in [-0.05, 0) is 25.5 Å². The van der Waals surface area contributed by atoms with Crippen LogP contribution in [0.5, 0.6) is 5.75 Å². The normalized spacial score (nSPS) is 11.6. The zero-order valence-corrected chi connectivity index (χ0v) is 16.0. The van der Waals surface area contributed by atoms with Gasteiger partial charge in [-0.1, -0.05) is 43.3 Å². The highest BCUT2D eigenvalue weighted by atomic mass is 16.5. The Kier molecular flexibility index (Phi) is 5.23. The Morgan fingerprint density at radius 2 is 1.82 bits per heavy atom. The number of azo groups is 1. The molecule has 0 radical (unpaired) electrons. The Morgan fingerprint density at radius 3 is 2.68 bits per heavy atom. The van der Waals surface area contributed by atoms with Gasteiger partial charge in [-0.2, -0.15) is 10.1 Å². The highest BCUT2D eigenvalue weighted by molar-refractivity contribution is 6.04. The van der Waals surface area contributed by atoms with Crippen LogP contribution in [-0.2, 0) is 13.1 Å². The molecule has 2 aromatic carbocycles. The van der Waals surface area contributed by atoms with Crippen molar-refractivity contribution < 1.29 is 4.74 Å². The first kappa shape index (κ1) is 18.0. The highest BCUT2D eigenvalue weighted by Crippen LogP contribution is 2.26. The number of aromatic nitrogens is 4. The predicted octanol–water partition coefficient (Wildman–Crippen LogP) is 5.07. The van der Waals surface area contributed by atoms with Crippen LogP contribution in [0.3, 0.4) is 0 Å². The molecule has 0 amide bonds. The molecule has 0 N–H and O–H groups in total. The highest BCUT2D eigenvalue weighted by Gasteiger charge is 2.13. The molecule has 0 unspecified atom stereocenters. The maximum Gasteiger partial charge on any atom is 0.289 e. The van der Waals surface area contributed by atoms with Crippen molar-refractivity contribution >= 4 is 28.0 Å². The van der Waals surface area contributed by atoms with Crippen LogP contribution < -0.4 is 4.74 Å². The molecule has 2 heterocycles. The molecule has 0 spiro atoms. The van der Waals surface area contributed by atoms with E-state index in [1.54, 1.807) is 0 Å². The van der Waals surface area contributed by atoms with Gasteiger partial charge in [-0.3, -0.25) is 0 Å². The summed E-state index contributed by atoms with van der Waals surface area (Å²) in [5.41, 5.74) is 3.64. The number of nitrogens with zero attached hydrogens (tertiary/aromatic N) is 6. The number of rotatable bonds is 7. The largest absolute Gasteiger partial charge is 0.493 e. The maximum absolute atomic E-state index is 5.76. The van der Waals surface area contributed by atoms with E-state index in [1.807, 2.05) is 42.5 Å². The van der Waals surface area contributed by atoms with E-state index in [2.05, 4.69) is 49.9 Å². The van der Waals surface area contributed by atoms with Crippen molar-refractivity contribution in [1.29, 1.82) is 0 Å². The van der Waals surface area contributed by atoms with Crippen LogP contribution in [0.4, 0.5) is 5.95 Å². The van der Waals surface area contributed by atoms with Crippen LogP contribution in [0.25, 0.3) is 22.1 Å². The molecule has 0 bridgehead atoms. The first-order valence-electron chi connectivity index (χ1n) is 9.51. The molecule has 142 valence electrons. The molecule has 0 saturated heterocycles. The average molecular weight is 374 g/mol. The van der Waals surface area contributed by atoms with Gasteiger partial charge in [0.1, 0.15) is 11.3 Å². The molecule has 7 nitrogen and oxygen atoms in total. The SMILES string of the molecule is CCCOc1ccccc1CN=Nc1nnc2c3ccccc3n(CC)c2n1. The number of aryl methyl sites for hydroxylation is 1. The second-order valence-corrected chi connectivity index (χ2v) is 6.40. The van der Waals surface area contributed by atoms with Crippen LogP contribution in [0, 0.1) is 0 Å². The molecule has 0 aliphatic rings. The second kappa shape index (κ2) is 8.12. The van der Waals surface area contributed by atoms with Gasteiger partial charge in [0.15, 0.2) is 5.65 Å². The number of hydrogen-bond acceptors (Lipinski definition) is 6. The summed E-state index contributed by atoms with van der Waals surface area (Å²) < 4.78 is 7.88. The van der Waals surface area contributed by atoms with Gasteiger partial charge in [0.25, 0.3) is 5.95 Å². The van der Waals surface area contributed by atoms with Crippen molar-refractivity contribution in [2.45, 2.75) is 33.4 Å². The summed E-state index contributed by atoms with van der Waals surface area (Å²) in [4.78, 5) is 4.58. The van der Waals surface area contributed by atoms with Crippen LogP contribution in [0.2, 0.25) is 0 Å². The maximum atomic E-state index is 5.76. The van der Waals surface area contributed by atoms with Crippen LogP contribution in [0.15, 0.2) is 58.8 Å². The minimum absolute atomic E-state index is 0.261.